The molecule has 2 aromatic rings. The molecule has 1 N–H and O–H groups in total. The molecule has 1 radical (unpaired) electrons. The SMILES string of the molecule is CN1CCC(CO)CC1.Fc1ccccc1F.[Y].c1ccc2c(c1)CC[N-]2. The fourth-order valence-electron chi connectivity index (χ4n) is 2.86. The third kappa shape index (κ3) is 8.78. The third-order valence-electron chi connectivity index (χ3n) is 4.58. The van der Waals surface area contributed by atoms with E-state index in [1.54, 1.807) is 0 Å². The Hall–Kier alpha value is -0.876. The number of halogens is 2. The zero-order valence-electron chi connectivity index (χ0n) is 15.8. The predicted molar refractivity (Wildman–Crippen MR) is 102 cm³/mol. The van der Waals surface area contributed by atoms with Crippen LogP contribution in [0.25, 0.3) is 5.32 Å². The Bertz CT molecular complexity index is 620. The maximum absolute atomic E-state index is 11.9. The summed E-state index contributed by atoms with van der Waals surface area (Å²) in [5, 5.41) is 13.1. The fraction of sp³-hybridized carbons (Fsp3) is 0.429. The van der Waals surface area contributed by atoms with E-state index < -0.39 is 11.6 Å². The Morgan fingerprint density at radius 3 is 2.07 bits per heavy atom. The predicted octanol–water partition coefficient (Wildman–Crippen LogP) is 4.53. The molecule has 3 nitrogen and oxygen atoms in total. The average molecular weight is 450 g/mol. The summed E-state index contributed by atoms with van der Waals surface area (Å²) in [6.07, 6.45) is 3.48. The molecule has 1 saturated heterocycles. The molecule has 2 aliphatic rings. The van der Waals surface area contributed by atoms with Crippen molar-refractivity contribution in [2.24, 2.45) is 5.92 Å². The van der Waals surface area contributed by atoms with E-state index in [2.05, 4.69) is 35.5 Å². The second-order valence-electron chi connectivity index (χ2n) is 6.60. The van der Waals surface area contributed by atoms with Crippen molar-refractivity contribution < 1.29 is 46.6 Å². The van der Waals surface area contributed by atoms with Crippen LogP contribution >= 0.6 is 0 Å². The van der Waals surface area contributed by atoms with Gasteiger partial charge < -0.3 is 15.3 Å². The summed E-state index contributed by atoms with van der Waals surface area (Å²) >= 11 is 0. The van der Waals surface area contributed by atoms with E-state index in [4.69, 9.17) is 5.11 Å². The number of hydrogen-bond donors (Lipinski definition) is 1. The Morgan fingerprint density at radius 2 is 1.56 bits per heavy atom. The third-order valence-corrected chi connectivity index (χ3v) is 4.58. The number of piperidine rings is 1. The monoisotopic (exact) mass is 450 g/mol. The van der Waals surface area contributed by atoms with Gasteiger partial charge in [-0.25, -0.2) is 8.78 Å². The van der Waals surface area contributed by atoms with Crippen molar-refractivity contribution in [1.29, 1.82) is 0 Å². The molecule has 4 rings (SSSR count). The number of nitrogens with zero attached hydrogens (tertiary/aromatic N) is 2. The van der Waals surface area contributed by atoms with Crippen LogP contribution in [0.5, 0.6) is 0 Å². The fourth-order valence-corrected chi connectivity index (χ4v) is 2.86. The van der Waals surface area contributed by atoms with Gasteiger partial charge in [0.15, 0.2) is 11.6 Å². The smallest absolute Gasteiger partial charge is 0.158 e. The molecule has 145 valence electrons. The Balaban J connectivity index is 0.000000199. The Labute approximate surface area is 186 Å². The van der Waals surface area contributed by atoms with Crippen LogP contribution < -0.4 is 0 Å². The molecule has 1 fully saturated rings. The molecule has 27 heavy (non-hydrogen) atoms. The van der Waals surface area contributed by atoms with Crippen molar-refractivity contribution in [2.45, 2.75) is 19.3 Å². The van der Waals surface area contributed by atoms with Gasteiger partial charge in [-0.3, -0.25) is 0 Å². The normalized spacial score (nSPS) is 15.9. The molecule has 0 aliphatic carbocycles. The van der Waals surface area contributed by atoms with Gasteiger partial charge in [0.05, 0.1) is 0 Å². The topological polar surface area (TPSA) is 37.6 Å². The first-order valence-electron chi connectivity index (χ1n) is 9.05. The summed E-state index contributed by atoms with van der Waals surface area (Å²) < 4.78 is 23.9. The number of para-hydroxylation sites is 1. The number of aliphatic hydroxyl groups excluding tert-OH is 1. The molecule has 0 bridgehead atoms. The zero-order chi connectivity index (χ0) is 18.8. The minimum absolute atomic E-state index is 0. The summed E-state index contributed by atoms with van der Waals surface area (Å²) in [7, 11) is 2.13. The van der Waals surface area contributed by atoms with E-state index in [-0.39, 0.29) is 32.7 Å². The Morgan fingerprint density at radius 1 is 1.00 bits per heavy atom. The van der Waals surface area contributed by atoms with E-state index in [0.29, 0.717) is 12.5 Å². The maximum atomic E-state index is 11.9. The van der Waals surface area contributed by atoms with Crippen LogP contribution in [0.15, 0.2) is 48.5 Å². The molecule has 2 aliphatic heterocycles. The van der Waals surface area contributed by atoms with E-state index in [1.165, 1.54) is 36.2 Å². The van der Waals surface area contributed by atoms with Crippen molar-refractivity contribution in [3.63, 3.8) is 0 Å². The van der Waals surface area contributed by atoms with Crippen molar-refractivity contribution >= 4 is 5.69 Å². The first-order chi connectivity index (χ1) is 12.6. The van der Waals surface area contributed by atoms with E-state index in [9.17, 15) is 8.78 Å². The molecule has 0 amide bonds. The standard InChI is InChI=1S/C8H8N.C7H15NO.C6H4F2.Y/c1-2-4-8-7(3-1)5-6-9-8;1-8-4-2-7(6-9)3-5-8;7-5-3-1-2-4-6(5)8;/h1-4H,5-6H2;7,9H,2-6H2,1H3;1-4H;/q-1;;;. The van der Waals surface area contributed by atoms with Gasteiger partial charge in [0.1, 0.15) is 0 Å². The van der Waals surface area contributed by atoms with Crippen LogP contribution in [0.4, 0.5) is 14.5 Å². The molecule has 0 atom stereocenters. The van der Waals surface area contributed by atoms with E-state index in [0.717, 1.165) is 38.2 Å². The van der Waals surface area contributed by atoms with Gasteiger partial charge in [-0.15, -0.1) is 12.2 Å². The van der Waals surface area contributed by atoms with E-state index in [1.807, 2.05) is 6.07 Å². The largest absolute Gasteiger partial charge is 0.684 e. The summed E-state index contributed by atoms with van der Waals surface area (Å²) in [6.45, 7) is 3.68. The molecule has 2 aromatic carbocycles. The van der Waals surface area contributed by atoms with Gasteiger partial charge in [0.2, 0.25) is 0 Å². The number of benzene rings is 2. The van der Waals surface area contributed by atoms with Gasteiger partial charge in [0.25, 0.3) is 0 Å². The van der Waals surface area contributed by atoms with Gasteiger partial charge in [-0.1, -0.05) is 42.0 Å². The van der Waals surface area contributed by atoms with Crippen LogP contribution in [0, 0.1) is 17.6 Å². The quantitative estimate of drug-likeness (QED) is 0.694. The van der Waals surface area contributed by atoms with Crippen LogP contribution in [-0.4, -0.2) is 43.3 Å². The first kappa shape index (κ1) is 24.2. The van der Waals surface area contributed by atoms with Crippen molar-refractivity contribution in [2.75, 3.05) is 33.3 Å². The number of hydrogen-bond acceptors (Lipinski definition) is 2. The molecule has 0 spiro atoms. The number of likely N-dealkylation sites (tertiary alicyclic amines) is 1. The number of aliphatic hydroxyl groups is 1. The van der Waals surface area contributed by atoms with Crippen molar-refractivity contribution in [3.05, 3.63) is 71.0 Å². The average Bonchev–Trinajstić information content (AvgIpc) is 3.15. The molecule has 6 heteroatoms. The molecular formula is C21H27F2N2OY-. The minimum atomic E-state index is -0.799. The van der Waals surface area contributed by atoms with Crippen LogP contribution in [0.3, 0.4) is 0 Å². The van der Waals surface area contributed by atoms with Crippen LogP contribution in [0.2, 0.25) is 0 Å². The Kier molecular flexibility index (Phi) is 11.9. The summed E-state index contributed by atoms with van der Waals surface area (Å²) in [5.41, 5.74) is 2.59. The first-order valence-corrected chi connectivity index (χ1v) is 9.05. The number of rotatable bonds is 1. The minimum Gasteiger partial charge on any atom is -0.684 e. The van der Waals surface area contributed by atoms with Gasteiger partial charge in [-0.05, 0) is 57.5 Å². The molecular weight excluding hydrogens is 423 g/mol. The second-order valence-corrected chi connectivity index (χ2v) is 6.60. The van der Waals surface area contributed by atoms with Crippen molar-refractivity contribution in [3.8, 4) is 0 Å². The van der Waals surface area contributed by atoms with Gasteiger partial charge >= 0.3 is 0 Å². The number of fused-ring (bicyclic) bond motifs is 1. The van der Waals surface area contributed by atoms with Crippen LogP contribution in [-0.2, 0) is 39.1 Å². The molecule has 2 heterocycles. The molecule has 0 unspecified atom stereocenters. The van der Waals surface area contributed by atoms with Gasteiger partial charge in [-0.2, -0.15) is 0 Å². The van der Waals surface area contributed by atoms with Crippen molar-refractivity contribution in [1.82, 2.24) is 4.90 Å². The summed E-state index contributed by atoms with van der Waals surface area (Å²) in [4.78, 5) is 2.31. The second kappa shape index (κ2) is 13.3. The summed E-state index contributed by atoms with van der Waals surface area (Å²) in [6, 6.07) is 13.4. The summed E-state index contributed by atoms with van der Waals surface area (Å²) in [5.74, 6) is -1.01. The maximum Gasteiger partial charge on any atom is 0.158 e. The zero-order valence-corrected chi connectivity index (χ0v) is 18.7. The molecule has 0 aromatic heterocycles. The van der Waals surface area contributed by atoms with Gasteiger partial charge in [0, 0.05) is 39.3 Å². The van der Waals surface area contributed by atoms with E-state index >= 15 is 0 Å². The molecule has 0 saturated carbocycles. The van der Waals surface area contributed by atoms with Crippen LogP contribution in [0.1, 0.15) is 18.4 Å².